The molecule has 0 bridgehead atoms. The highest BCUT2D eigenvalue weighted by Crippen LogP contribution is 2.19. The molecule has 0 aliphatic rings. The van der Waals surface area contributed by atoms with Crippen LogP contribution in [0.1, 0.15) is 48.3 Å². The molecule has 19 heavy (non-hydrogen) atoms. The second kappa shape index (κ2) is 5.57. The molecule has 2 aromatic rings. The van der Waals surface area contributed by atoms with Crippen molar-refractivity contribution < 1.29 is 0 Å². The first kappa shape index (κ1) is 13.8. The Hall–Kier alpha value is -1.61. The zero-order valence-corrected chi connectivity index (χ0v) is 12.2. The lowest BCUT2D eigenvalue weighted by Gasteiger charge is -2.15. The van der Waals surface area contributed by atoms with Crippen LogP contribution in [0.25, 0.3) is 0 Å². The maximum atomic E-state index is 6.28. The smallest absolute Gasteiger partial charge is 0.0952 e. The lowest BCUT2D eigenvalue weighted by molar-refractivity contribution is 0.566. The molecule has 0 fully saturated rings. The normalized spacial score (nSPS) is 12.9. The predicted octanol–water partition coefficient (Wildman–Crippen LogP) is 3.32. The highest BCUT2D eigenvalue weighted by molar-refractivity contribution is 5.26. The lowest BCUT2D eigenvalue weighted by Crippen LogP contribution is -2.18. The molecule has 3 heteroatoms. The molecule has 0 saturated heterocycles. The van der Waals surface area contributed by atoms with Gasteiger partial charge in [0.25, 0.3) is 0 Å². The molecule has 0 amide bonds. The second-order valence-corrected chi connectivity index (χ2v) is 5.50. The van der Waals surface area contributed by atoms with E-state index in [-0.39, 0.29) is 6.04 Å². The fraction of sp³-hybridized carbons (Fsp3) is 0.438. The number of aromatic nitrogens is 2. The highest BCUT2D eigenvalue weighted by Gasteiger charge is 2.10. The van der Waals surface area contributed by atoms with Crippen molar-refractivity contribution in [2.24, 2.45) is 5.73 Å². The molecular formula is C16H23N3. The van der Waals surface area contributed by atoms with E-state index < -0.39 is 0 Å². The Morgan fingerprint density at radius 3 is 2.16 bits per heavy atom. The van der Waals surface area contributed by atoms with Gasteiger partial charge in [-0.05, 0) is 30.9 Å². The molecule has 0 aliphatic carbocycles. The highest BCUT2D eigenvalue weighted by atomic mass is 15.1. The van der Waals surface area contributed by atoms with Crippen LogP contribution in [0.5, 0.6) is 0 Å². The van der Waals surface area contributed by atoms with Gasteiger partial charge in [0.05, 0.1) is 12.0 Å². The van der Waals surface area contributed by atoms with Gasteiger partial charge in [-0.3, -0.25) is 0 Å². The monoisotopic (exact) mass is 257 g/mol. The van der Waals surface area contributed by atoms with Crippen LogP contribution in [0, 0.1) is 13.8 Å². The van der Waals surface area contributed by atoms with Gasteiger partial charge in [0.1, 0.15) is 0 Å². The van der Waals surface area contributed by atoms with Crippen LogP contribution < -0.4 is 5.73 Å². The number of benzene rings is 1. The van der Waals surface area contributed by atoms with Crippen molar-refractivity contribution in [3.8, 4) is 0 Å². The number of aryl methyl sites for hydroxylation is 1. The van der Waals surface area contributed by atoms with Gasteiger partial charge in [0.2, 0.25) is 0 Å². The predicted molar refractivity (Wildman–Crippen MR) is 79.2 cm³/mol. The molecule has 102 valence electrons. The first-order valence-electron chi connectivity index (χ1n) is 6.82. The summed E-state index contributed by atoms with van der Waals surface area (Å²) in [5.74, 6) is 0.559. The van der Waals surface area contributed by atoms with Gasteiger partial charge in [-0.1, -0.05) is 38.1 Å². The number of rotatable bonds is 4. The van der Waals surface area contributed by atoms with E-state index in [1.54, 1.807) is 0 Å². The molecule has 2 rings (SSSR count). The van der Waals surface area contributed by atoms with Crippen molar-refractivity contribution in [2.45, 2.75) is 46.2 Å². The van der Waals surface area contributed by atoms with Crippen LogP contribution in [0.3, 0.4) is 0 Å². The number of nitrogens with zero attached hydrogens (tertiary/aromatic N) is 2. The molecule has 1 aromatic carbocycles. The number of nitrogens with two attached hydrogens (primary N) is 1. The standard InChI is InChI=1S/C16H23N3/c1-11(2)14-5-7-15(8-6-14)16(17)9-19-10-18-12(3)13(19)4/h5-8,10-11,16H,9,17H2,1-4H3. The van der Waals surface area contributed by atoms with E-state index in [4.69, 9.17) is 5.73 Å². The average molecular weight is 257 g/mol. The third kappa shape index (κ3) is 3.04. The summed E-state index contributed by atoms with van der Waals surface area (Å²) in [6.07, 6.45) is 1.87. The average Bonchev–Trinajstić information content (AvgIpc) is 2.71. The molecule has 0 saturated carbocycles. The summed E-state index contributed by atoms with van der Waals surface area (Å²) in [4.78, 5) is 4.31. The number of hydrogen-bond acceptors (Lipinski definition) is 2. The molecule has 3 nitrogen and oxygen atoms in total. The van der Waals surface area contributed by atoms with E-state index in [2.05, 4.69) is 54.6 Å². The van der Waals surface area contributed by atoms with Crippen LogP contribution in [-0.4, -0.2) is 9.55 Å². The summed E-state index contributed by atoms with van der Waals surface area (Å²) < 4.78 is 2.12. The molecule has 0 radical (unpaired) electrons. The van der Waals surface area contributed by atoms with Gasteiger partial charge in [0.15, 0.2) is 0 Å². The van der Waals surface area contributed by atoms with Crippen LogP contribution in [-0.2, 0) is 6.54 Å². The zero-order valence-electron chi connectivity index (χ0n) is 12.2. The molecule has 1 unspecified atom stereocenters. The Morgan fingerprint density at radius 2 is 1.68 bits per heavy atom. The summed E-state index contributed by atoms with van der Waals surface area (Å²) in [5.41, 5.74) is 11.1. The largest absolute Gasteiger partial charge is 0.333 e. The summed E-state index contributed by atoms with van der Waals surface area (Å²) in [7, 11) is 0. The van der Waals surface area contributed by atoms with Crippen molar-refractivity contribution in [1.82, 2.24) is 9.55 Å². The van der Waals surface area contributed by atoms with E-state index in [0.29, 0.717) is 5.92 Å². The summed E-state index contributed by atoms with van der Waals surface area (Å²) in [6.45, 7) is 9.28. The second-order valence-electron chi connectivity index (χ2n) is 5.50. The molecular weight excluding hydrogens is 234 g/mol. The molecule has 0 aliphatic heterocycles. The van der Waals surface area contributed by atoms with E-state index in [0.717, 1.165) is 12.2 Å². The molecule has 0 spiro atoms. The minimum Gasteiger partial charge on any atom is -0.333 e. The van der Waals surface area contributed by atoms with E-state index in [1.807, 2.05) is 13.3 Å². The van der Waals surface area contributed by atoms with Gasteiger partial charge < -0.3 is 10.3 Å². The first-order valence-corrected chi connectivity index (χ1v) is 6.82. The molecule has 1 aromatic heterocycles. The van der Waals surface area contributed by atoms with Crippen LogP contribution in [0.2, 0.25) is 0 Å². The topological polar surface area (TPSA) is 43.8 Å². The third-order valence-corrected chi connectivity index (χ3v) is 3.77. The maximum absolute atomic E-state index is 6.28. The minimum absolute atomic E-state index is 0.00788. The van der Waals surface area contributed by atoms with Gasteiger partial charge in [0, 0.05) is 18.3 Å². The Balaban J connectivity index is 2.11. The molecule has 2 N–H and O–H groups in total. The van der Waals surface area contributed by atoms with Gasteiger partial charge >= 0.3 is 0 Å². The van der Waals surface area contributed by atoms with Crippen LogP contribution >= 0.6 is 0 Å². The maximum Gasteiger partial charge on any atom is 0.0952 e. The molecule has 1 atom stereocenters. The van der Waals surface area contributed by atoms with Gasteiger partial charge in [-0.15, -0.1) is 0 Å². The summed E-state index contributed by atoms with van der Waals surface area (Å²) in [6, 6.07) is 8.63. The quantitative estimate of drug-likeness (QED) is 0.913. The van der Waals surface area contributed by atoms with Crippen molar-refractivity contribution >= 4 is 0 Å². The van der Waals surface area contributed by atoms with Crippen LogP contribution in [0.15, 0.2) is 30.6 Å². The van der Waals surface area contributed by atoms with Crippen molar-refractivity contribution in [3.63, 3.8) is 0 Å². The summed E-state index contributed by atoms with van der Waals surface area (Å²) >= 11 is 0. The SMILES string of the molecule is Cc1ncn(CC(N)c2ccc(C(C)C)cc2)c1C. The van der Waals surface area contributed by atoms with E-state index in [1.165, 1.54) is 16.8 Å². The van der Waals surface area contributed by atoms with Gasteiger partial charge in [-0.25, -0.2) is 4.98 Å². The van der Waals surface area contributed by atoms with Crippen molar-refractivity contribution in [1.29, 1.82) is 0 Å². The van der Waals surface area contributed by atoms with Crippen molar-refractivity contribution in [3.05, 3.63) is 53.1 Å². The Bertz CT molecular complexity index is 538. The number of hydrogen-bond donors (Lipinski definition) is 1. The lowest BCUT2D eigenvalue weighted by atomic mass is 9.99. The molecule has 1 heterocycles. The number of imidazole rings is 1. The minimum atomic E-state index is 0.00788. The Labute approximate surface area is 115 Å². The van der Waals surface area contributed by atoms with E-state index in [9.17, 15) is 0 Å². The fourth-order valence-corrected chi connectivity index (χ4v) is 2.17. The van der Waals surface area contributed by atoms with Gasteiger partial charge in [-0.2, -0.15) is 0 Å². The Kier molecular flexibility index (Phi) is 4.05. The van der Waals surface area contributed by atoms with Crippen molar-refractivity contribution in [2.75, 3.05) is 0 Å². The summed E-state index contributed by atoms with van der Waals surface area (Å²) in [5, 5.41) is 0. The van der Waals surface area contributed by atoms with Crippen LogP contribution in [0.4, 0.5) is 0 Å². The van der Waals surface area contributed by atoms with E-state index >= 15 is 0 Å². The third-order valence-electron chi connectivity index (χ3n) is 3.77. The fourth-order valence-electron chi connectivity index (χ4n) is 2.17. The first-order chi connectivity index (χ1) is 8.99. The Morgan fingerprint density at radius 1 is 1.11 bits per heavy atom. The zero-order chi connectivity index (χ0) is 14.0.